The Labute approximate surface area is 82.6 Å². The molecule has 2 rings (SSSR count). The molecule has 1 aromatic heterocycles. The Morgan fingerprint density at radius 2 is 2.31 bits per heavy atom. The van der Waals surface area contributed by atoms with Crippen molar-refractivity contribution in [1.82, 2.24) is 4.98 Å². The first kappa shape index (κ1) is 8.97. The quantitative estimate of drug-likeness (QED) is 0.731. The Hall–Kier alpha value is -0.610. The van der Waals surface area contributed by atoms with E-state index < -0.39 is 0 Å². The van der Waals surface area contributed by atoms with Gasteiger partial charge in [0.1, 0.15) is 0 Å². The Kier molecular flexibility index (Phi) is 2.26. The number of nitrogens with zero attached hydrogens (tertiary/aromatic N) is 2. The van der Waals surface area contributed by atoms with Crippen LogP contribution >= 0.6 is 11.3 Å². The number of hydrogen-bond acceptors (Lipinski definition) is 4. The molecule has 0 aromatic carbocycles. The van der Waals surface area contributed by atoms with Crippen molar-refractivity contribution >= 4 is 16.5 Å². The van der Waals surface area contributed by atoms with Crippen LogP contribution in [-0.2, 0) is 12.8 Å². The fourth-order valence-electron chi connectivity index (χ4n) is 1.58. The lowest BCUT2D eigenvalue weighted by Gasteiger charge is -2.15. The van der Waals surface area contributed by atoms with Gasteiger partial charge in [-0.1, -0.05) is 0 Å². The summed E-state index contributed by atoms with van der Waals surface area (Å²) >= 11 is 1.78. The van der Waals surface area contributed by atoms with Gasteiger partial charge < -0.3 is 10.6 Å². The second-order valence-electron chi connectivity index (χ2n) is 3.76. The van der Waals surface area contributed by atoms with Gasteiger partial charge in [-0.25, -0.2) is 4.98 Å². The topological polar surface area (TPSA) is 42.2 Å². The molecule has 0 saturated heterocycles. The molecule has 1 aliphatic rings. The van der Waals surface area contributed by atoms with Crippen LogP contribution in [0.4, 0.5) is 5.13 Å². The summed E-state index contributed by atoms with van der Waals surface area (Å²) in [5, 5.41) is 1.11. The molecule has 13 heavy (non-hydrogen) atoms. The van der Waals surface area contributed by atoms with Crippen molar-refractivity contribution in [3.05, 3.63) is 10.6 Å². The monoisotopic (exact) mass is 197 g/mol. The van der Waals surface area contributed by atoms with Gasteiger partial charge in [-0.3, -0.25) is 0 Å². The van der Waals surface area contributed by atoms with E-state index in [0.717, 1.165) is 24.4 Å². The predicted molar refractivity (Wildman–Crippen MR) is 56.4 cm³/mol. The SMILES string of the molecule is CN(C)c1nc2c(s1)CC(N)CC2. The summed E-state index contributed by atoms with van der Waals surface area (Å²) in [4.78, 5) is 8.03. The van der Waals surface area contributed by atoms with Crippen molar-refractivity contribution in [3.8, 4) is 0 Å². The minimum absolute atomic E-state index is 0.350. The van der Waals surface area contributed by atoms with Gasteiger partial charge in [0.15, 0.2) is 5.13 Å². The fourth-order valence-corrected chi connectivity index (χ4v) is 2.70. The molecule has 0 fully saturated rings. The Morgan fingerprint density at radius 1 is 1.54 bits per heavy atom. The minimum Gasteiger partial charge on any atom is -0.354 e. The number of aromatic nitrogens is 1. The van der Waals surface area contributed by atoms with E-state index >= 15 is 0 Å². The normalized spacial score (nSPS) is 21.3. The third-order valence-corrected chi connectivity index (χ3v) is 3.64. The molecule has 0 amide bonds. The summed E-state index contributed by atoms with van der Waals surface area (Å²) in [6.45, 7) is 0. The molecule has 0 aliphatic heterocycles. The molecule has 72 valence electrons. The maximum absolute atomic E-state index is 5.90. The summed E-state index contributed by atoms with van der Waals surface area (Å²) in [5.41, 5.74) is 7.17. The minimum atomic E-state index is 0.350. The van der Waals surface area contributed by atoms with Crippen LogP contribution in [0, 0.1) is 0 Å². The molecular formula is C9H15N3S. The van der Waals surface area contributed by atoms with Crippen LogP contribution in [0.3, 0.4) is 0 Å². The predicted octanol–water partition coefficient (Wildman–Crippen LogP) is 1.03. The number of fused-ring (bicyclic) bond motifs is 1. The molecule has 4 heteroatoms. The molecule has 0 saturated carbocycles. The van der Waals surface area contributed by atoms with E-state index in [-0.39, 0.29) is 0 Å². The molecule has 0 spiro atoms. The second kappa shape index (κ2) is 3.27. The lowest BCUT2D eigenvalue weighted by atomic mass is 9.99. The number of aryl methyl sites for hydroxylation is 1. The summed E-state index contributed by atoms with van der Waals surface area (Å²) < 4.78 is 0. The highest BCUT2D eigenvalue weighted by Gasteiger charge is 2.20. The first-order chi connectivity index (χ1) is 6.16. The van der Waals surface area contributed by atoms with Gasteiger partial charge in [0.05, 0.1) is 5.69 Å². The van der Waals surface area contributed by atoms with Crippen molar-refractivity contribution in [3.63, 3.8) is 0 Å². The van der Waals surface area contributed by atoms with Crippen molar-refractivity contribution in [2.75, 3.05) is 19.0 Å². The van der Waals surface area contributed by atoms with E-state index in [9.17, 15) is 0 Å². The van der Waals surface area contributed by atoms with Crippen LogP contribution < -0.4 is 10.6 Å². The zero-order valence-electron chi connectivity index (χ0n) is 8.08. The maximum Gasteiger partial charge on any atom is 0.185 e. The van der Waals surface area contributed by atoms with Crippen LogP contribution in [0.25, 0.3) is 0 Å². The van der Waals surface area contributed by atoms with Gasteiger partial charge in [0.25, 0.3) is 0 Å². The van der Waals surface area contributed by atoms with Crippen LogP contribution in [0.15, 0.2) is 0 Å². The Balaban J connectivity index is 2.28. The average Bonchev–Trinajstić information content (AvgIpc) is 2.46. The molecule has 1 aromatic rings. The van der Waals surface area contributed by atoms with Crippen LogP contribution in [0.1, 0.15) is 17.0 Å². The molecule has 2 N–H and O–H groups in total. The lowest BCUT2D eigenvalue weighted by Crippen LogP contribution is -2.27. The Morgan fingerprint density at radius 3 is 3.00 bits per heavy atom. The largest absolute Gasteiger partial charge is 0.354 e. The van der Waals surface area contributed by atoms with Crippen LogP contribution in [-0.4, -0.2) is 25.1 Å². The average molecular weight is 197 g/mol. The number of nitrogens with two attached hydrogens (primary N) is 1. The van der Waals surface area contributed by atoms with E-state index in [2.05, 4.69) is 9.88 Å². The lowest BCUT2D eigenvalue weighted by molar-refractivity contribution is 0.576. The molecule has 3 nitrogen and oxygen atoms in total. The van der Waals surface area contributed by atoms with Gasteiger partial charge in [-0.05, 0) is 19.3 Å². The standard InChI is InChI=1S/C9H15N3S/c1-12(2)9-11-7-4-3-6(10)5-8(7)13-9/h6H,3-5,10H2,1-2H3. The van der Waals surface area contributed by atoms with Crippen molar-refractivity contribution in [2.24, 2.45) is 5.73 Å². The van der Waals surface area contributed by atoms with Gasteiger partial charge in [-0.2, -0.15) is 0 Å². The maximum atomic E-state index is 5.90. The van der Waals surface area contributed by atoms with Crippen molar-refractivity contribution in [2.45, 2.75) is 25.3 Å². The molecule has 1 aliphatic carbocycles. The van der Waals surface area contributed by atoms with E-state index in [1.54, 1.807) is 11.3 Å². The van der Waals surface area contributed by atoms with Gasteiger partial charge in [-0.15, -0.1) is 11.3 Å². The van der Waals surface area contributed by atoms with Crippen LogP contribution in [0.2, 0.25) is 0 Å². The number of thiazole rings is 1. The van der Waals surface area contributed by atoms with E-state index in [4.69, 9.17) is 5.73 Å². The number of anilines is 1. The van der Waals surface area contributed by atoms with Crippen molar-refractivity contribution < 1.29 is 0 Å². The molecule has 1 heterocycles. The molecule has 1 atom stereocenters. The number of rotatable bonds is 1. The molecule has 0 radical (unpaired) electrons. The highest BCUT2D eigenvalue weighted by atomic mass is 32.1. The van der Waals surface area contributed by atoms with Crippen LogP contribution in [0.5, 0.6) is 0 Å². The zero-order valence-corrected chi connectivity index (χ0v) is 8.90. The molecule has 1 unspecified atom stereocenters. The zero-order chi connectivity index (χ0) is 9.42. The first-order valence-electron chi connectivity index (χ1n) is 4.58. The molecular weight excluding hydrogens is 182 g/mol. The van der Waals surface area contributed by atoms with Crippen molar-refractivity contribution in [1.29, 1.82) is 0 Å². The third-order valence-electron chi connectivity index (χ3n) is 2.35. The Bertz CT molecular complexity index is 306. The third kappa shape index (κ3) is 1.69. The van der Waals surface area contributed by atoms with E-state index in [1.165, 1.54) is 10.6 Å². The fraction of sp³-hybridized carbons (Fsp3) is 0.667. The van der Waals surface area contributed by atoms with E-state index in [1.807, 2.05) is 14.1 Å². The van der Waals surface area contributed by atoms with Gasteiger partial charge >= 0.3 is 0 Å². The van der Waals surface area contributed by atoms with Gasteiger partial charge in [0.2, 0.25) is 0 Å². The molecule has 0 bridgehead atoms. The summed E-state index contributed by atoms with van der Waals surface area (Å²) in [6.07, 6.45) is 3.16. The summed E-state index contributed by atoms with van der Waals surface area (Å²) in [6, 6.07) is 0.350. The smallest absolute Gasteiger partial charge is 0.185 e. The first-order valence-corrected chi connectivity index (χ1v) is 5.40. The van der Waals surface area contributed by atoms with Gasteiger partial charge in [0, 0.05) is 25.0 Å². The summed E-state index contributed by atoms with van der Waals surface area (Å²) in [5.74, 6) is 0. The number of hydrogen-bond donors (Lipinski definition) is 1. The highest BCUT2D eigenvalue weighted by molar-refractivity contribution is 7.15. The summed E-state index contributed by atoms with van der Waals surface area (Å²) in [7, 11) is 4.06. The second-order valence-corrected chi connectivity index (χ2v) is 4.83. The van der Waals surface area contributed by atoms with E-state index in [0.29, 0.717) is 6.04 Å². The highest BCUT2D eigenvalue weighted by Crippen LogP contribution is 2.30.